The average Bonchev–Trinajstić information content (AvgIpc) is 1.83. The second-order valence-electron chi connectivity index (χ2n) is 4.20. The van der Waals surface area contributed by atoms with Gasteiger partial charge in [-0.15, -0.1) is 0 Å². The first-order chi connectivity index (χ1) is 4.39. The molecule has 62 valence electrons. The molecule has 0 saturated carbocycles. The topological polar surface area (TPSA) is 20.2 Å². The third-order valence-corrected chi connectivity index (χ3v) is 2.07. The molecule has 0 bridgehead atoms. The lowest BCUT2D eigenvalue weighted by molar-refractivity contribution is 0.0169. The van der Waals surface area contributed by atoms with Crippen LogP contribution in [0, 0.1) is 11.3 Å². The zero-order chi connectivity index (χ0) is 8.36. The van der Waals surface area contributed by atoms with E-state index in [2.05, 4.69) is 34.6 Å². The van der Waals surface area contributed by atoms with E-state index in [4.69, 9.17) is 0 Å². The van der Waals surface area contributed by atoms with Crippen molar-refractivity contribution in [2.24, 2.45) is 11.3 Å². The highest BCUT2D eigenvalue weighted by molar-refractivity contribution is 4.76. The number of hydrogen-bond acceptors (Lipinski definition) is 1. The van der Waals surface area contributed by atoms with E-state index in [-0.39, 0.29) is 11.5 Å². The Bertz CT molecular complexity index is 91.4. The van der Waals surface area contributed by atoms with E-state index in [1.807, 2.05) is 0 Å². The lowest BCUT2D eigenvalue weighted by Crippen LogP contribution is -2.31. The van der Waals surface area contributed by atoms with E-state index in [9.17, 15) is 5.11 Å². The molecule has 1 heteroatoms. The Kier molecular flexibility index (Phi) is 3.37. The number of rotatable bonds is 2. The first-order valence-electron chi connectivity index (χ1n) is 4.07. The molecule has 0 aliphatic carbocycles. The summed E-state index contributed by atoms with van der Waals surface area (Å²) in [6.45, 7) is 10.4. The largest absolute Gasteiger partial charge is 0.392 e. The van der Waals surface area contributed by atoms with Crippen LogP contribution in [0.25, 0.3) is 0 Å². The molecule has 0 fully saturated rings. The Hall–Kier alpha value is -0.0400. The van der Waals surface area contributed by atoms with Crippen LogP contribution >= 0.6 is 0 Å². The highest BCUT2D eigenvalue weighted by atomic mass is 16.3. The average molecular weight is 144 g/mol. The number of aliphatic hydroxyl groups excluding tert-OH is 1. The van der Waals surface area contributed by atoms with Gasteiger partial charge in [-0.25, -0.2) is 0 Å². The predicted molar refractivity (Wildman–Crippen MR) is 44.9 cm³/mol. The molecule has 0 amide bonds. The van der Waals surface area contributed by atoms with Crippen LogP contribution in [0.4, 0.5) is 0 Å². The molecule has 0 rings (SSSR count). The van der Waals surface area contributed by atoms with E-state index in [0.717, 1.165) is 6.42 Å². The summed E-state index contributed by atoms with van der Waals surface area (Å²) < 4.78 is 0. The third kappa shape index (κ3) is 2.70. The van der Waals surface area contributed by atoms with E-state index in [0.29, 0.717) is 5.92 Å². The minimum absolute atomic E-state index is 0.0371. The summed E-state index contributed by atoms with van der Waals surface area (Å²) in [4.78, 5) is 0. The van der Waals surface area contributed by atoms with E-state index >= 15 is 0 Å². The summed E-state index contributed by atoms with van der Waals surface area (Å²) in [5.41, 5.74) is 0.0371. The van der Waals surface area contributed by atoms with Gasteiger partial charge in [0.2, 0.25) is 0 Å². The molecular formula is C9H20O. The first-order valence-corrected chi connectivity index (χ1v) is 4.07. The first kappa shape index (κ1) is 9.96. The fourth-order valence-electron chi connectivity index (χ4n) is 1.08. The Balaban J connectivity index is 3.94. The van der Waals surface area contributed by atoms with Crippen molar-refractivity contribution in [3.05, 3.63) is 0 Å². The maximum absolute atomic E-state index is 9.65. The summed E-state index contributed by atoms with van der Waals surface area (Å²) in [5.74, 6) is 0.417. The lowest BCUT2D eigenvalue weighted by atomic mass is 9.81. The van der Waals surface area contributed by atoms with Crippen molar-refractivity contribution in [1.29, 1.82) is 0 Å². The van der Waals surface area contributed by atoms with Gasteiger partial charge in [-0.2, -0.15) is 0 Å². The van der Waals surface area contributed by atoms with Gasteiger partial charge in [-0.05, 0) is 11.3 Å². The van der Waals surface area contributed by atoms with Crippen LogP contribution in [0.15, 0.2) is 0 Å². The lowest BCUT2D eigenvalue weighted by Gasteiger charge is -2.30. The molecule has 0 aliphatic rings. The third-order valence-electron chi connectivity index (χ3n) is 2.07. The molecule has 0 aromatic heterocycles. The summed E-state index contributed by atoms with van der Waals surface area (Å²) in [6, 6.07) is 0. The highest BCUT2D eigenvalue weighted by Crippen LogP contribution is 2.26. The number of hydrogen-bond donors (Lipinski definition) is 1. The Labute approximate surface area is 64.5 Å². The fourth-order valence-corrected chi connectivity index (χ4v) is 1.08. The molecular weight excluding hydrogens is 124 g/mol. The maximum atomic E-state index is 9.65. The number of aliphatic hydroxyl groups is 1. The summed E-state index contributed by atoms with van der Waals surface area (Å²) in [5, 5.41) is 9.65. The molecule has 0 saturated heterocycles. The van der Waals surface area contributed by atoms with Gasteiger partial charge in [0, 0.05) is 0 Å². The van der Waals surface area contributed by atoms with Crippen molar-refractivity contribution in [2.75, 3.05) is 0 Å². The maximum Gasteiger partial charge on any atom is 0.0613 e. The zero-order valence-electron chi connectivity index (χ0n) is 7.81. The van der Waals surface area contributed by atoms with Gasteiger partial charge < -0.3 is 5.11 Å². The molecule has 0 aromatic rings. The van der Waals surface area contributed by atoms with Crippen LogP contribution in [0.5, 0.6) is 0 Å². The van der Waals surface area contributed by atoms with Crippen LogP contribution in [0.1, 0.15) is 41.0 Å². The van der Waals surface area contributed by atoms with Crippen LogP contribution in [0.3, 0.4) is 0 Å². The molecule has 0 spiro atoms. The second kappa shape index (κ2) is 3.38. The molecule has 10 heavy (non-hydrogen) atoms. The molecule has 0 aliphatic heterocycles. The zero-order valence-corrected chi connectivity index (χ0v) is 7.81. The minimum atomic E-state index is -0.169. The molecule has 1 N–H and O–H groups in total. The molecule has 2 atom stereocenters. The van der Waals surface area contributed by atoms with Crippen LogP contribution in [-0.2, 0) is 0 Å². The molecule has 2 unspecified atom stereocenters. The van der Waals surface area contributed by atoms with Crippen molar-refractivity contribution in [3.8, 4) is 0 Å². The molecule has 0 heterocycles. The van der Waals surface area contributed by atoms with Gasteiger partial charge in [0.25, 0.3) is 0 Å². The van der Waals surface area contributed by atoms with Gasteiger partial charge in [0.15, 0.2) is 0 Å². The Morgan fingerprint density at radius 3 is 1.80 bits per heavy atom. The standard InChI is InChI=1S/C9H20O/c1-6-7(2)8(10)9(3,4)5/h7-8,10H,6H2,1-5H3. The Morgan fingerprint density at radius 2 is 1.70 bits per heavy atom. The van der Waals surface area contributed by atoms with Crippen molar-refractivity contribution < 1.29 is 5.11 Å². The smallest absolute Gasteiger partial charge is 0.0613 e. The highest BCUT2D eigenvalue weighted by Gasteiger charge is 2.25. The quantitative estimate of drug-likeness (QED) is 0.631. The van der Waals surface area contributed by atoms with Gasteiger partial charge >= 0.3 is 0 Å². The minimum Gasteiger partial charge on any atom is -0.392 e. The van der Waals surface area contributed by atoms with Gasteiger partial charge in [-0.3, -0.25) is 0 Å². The molecule has 0 radical (unpaired) electrons. The summed E-state index contributed by atoms with van der Waals surface area (Å²) in [7, 11) is 0. The van der Waals surface area contributed by atoms with Crippen molar-refractivity contribution >= 4 is 0 Å². The van der Waals surface area contributed by atoms with Gasteiger partial charge in [-0.1, -0.05) is 41.0 Å². The normalized spacial score (nSPS) is 18.6. The van der Waals surface area contributed by atoms with Crippen molar-refractivity contribution in [2.45, 2.75) is 47.1 Å². The summed E-state index contributed by atoms with van der Waals surface area (Å²) >= 11 is 0. The predicted octanol–water partition coefficient (Wildman–Crippen LogP) is 2.44. The second-order valence-corrected chi connectivity index (χ2v) is 4.20. The monoisotopic (exact) mass is 144 g/mol. The molecule has 0 aromatic carbocycles. The van der Waals surface area contributed by atoms with Crippen LogP contribution < -0.4 is 0 Å². The SMILES string of the molecule is CCC(C)C(O)C(C)(C)C. The van der Waals surface area contributed by atoms with Crippen molar-refractivity contribution in [1.82, 2.24) is 0 Å². The van der Waals surface area contributed by atoms with Gasteiger partial charge in [0.05, 0.1) is 6.10 Å². The van der Waals surface area contributed by atoms with Crippen LogP contribution in [-0.4, -0.2) is 11.2 Å². The summed E-state index contributed by atoms with van der Waals surface area (Å²) in [6.07, 6.45) is 0.885. The van der Waals surface area contributed by atoms with Gasteiger partial charge in [0.1, 0.15) is 0 Å². The van der Waals surface area contributed by atoms with Crippen LogP contribution in [0.2, 0.25) is 0 Å². The van der Waals surface area contributed by atoms with E-state index < -0.39 is 0 Å². The molecule has 1 nitrogen and oxygen atoms in total. The Morgan fingerprint density at radius 1 is 1.30 bits per heavy atom. The van der Waals surface area contributed by atoms with E-state index in [1.54, 1.807) is 0 Å². The fraction of sp³-hybridized carbons (Fsp3) is 1.00. The van der Waals surface area contributed by atoms with E-state index in [1.165, 1.54) is 0 Å². The van der Waals surface area contributed by atoms with Crippen molar-refractivity contribution in [3.63, 3.8) is 0 Å².